The number of amides is 2. The number of hydrogen-bond donors (Lipinski definition) is 0. The van der Waals surface area contributed by atoms with Crippen LogP contribution in [0.15, 0.2) is 82.2 Å². The molecule has 0 spiro atoms. The zero-order chi connectivity index (χ0) is 23.1. The van der Waals surface area contributed by atoms with Gasteiger partial charge in [-0.15, -0.1) is 0 Å². The van der Waals surface area contributed by atoms with Crippen molar-refractivity contribution >= 4 is 52.5 Å². The number of imide groups is 1. The van der Waals surface area contributed by atoms with Crippen LogP contribution in [0, 0.1) is 6.92 Å². The van der Waals surface area contributed by atoms with E-state index in [2.05, 4.69) is 12.1 Å². The number of benzene rings is 3. The number of fused-ring (bicyclic) bond motifs is 1. The van der Waals surface area contributed by atoms with Gasteiger partial charge in [-0.1, -0.05) is 65.3 Å². The van der Waals surface area contributed by atoms with Gasteiger partial charge in [0.15, 0.2) is 0 Å². The van der Waals surface area contributed by atoms with Crippen molar-refractivity contribution in [3.05, 3.63) is 104 Å². The number of anilines is 1. The lowest BCUT2D eigenvalue weighted by Crippen LogP contribution is -2.37. The van der Waals surface area contributed by atoms with E-state index in [1.54, 1.807) is 24.3 Å². The SMILES string of the molecule is Cc1ccc(N2C(=O)C(Sc3ccc(Cl)cc3)=C(N3CCc4ccccc4C3)C2=O)cc1Cl. The number of nitrogens with zero attached hydrogens (tertiary/aromatic N) is 2. The average Bonchev–Trinajstić information content (AvgIpc) is 3.06. The normalized spacial score (nSPS) is 16.0. The molecule has 166 valence electrons. The molecule has 0 saturated heterocycles. The molecule has 0 N–H and O–H groups in total. The summed E-state index contributed by atoms with van der Waals surface area (Å²) in [4.78, 5) is 31.8. The Kier molecular flexibility index (Phi) is 5.95. The molecule has 2 heterocycles. The summed E-state index contributed by atoms with van der Waals surface area (Å²) in [5.41, 5.74) is 4.24. The van der Waals surface area contributed by atoms with Gasteiger partial charge in [0.05, 0.1) is 5.69 Å². The zero-order valence-corrected chi connectivity index (χ0v) is 20.2. The number of thioether (sulfide) groups is 1. The third-order valence-corrected chi connectivity index (χ3v) is 7.65. The summed E-state index contributed by atoms with van der Waals surface area (Å²) in [5, 5.41) is 1.13. The Morgan fingerprint density at radius 1 is 0.879 bits per heavy atom. The Balaban J connectivity index is 1.56. The Labute approximate surface area is 206 Å². The summed E-state index contributed by atoms with van der Waals surface area (Å²) in [6.45, 7) is 3.13. The van der Waals surface area contributed by atoms with E-state index >= 15 is 0 Å². The molecular formula is C26H20Cl2N2O2S. The molecule has 0 unspecified atom stereocenters. The van der Waals surface area contributed by atoms with Crippen LogP contribution in [0.4, 0.5) is 5.69 Å². The van der Waals surface area contributed by atoms with E-state index in [1.807, 2.05) is 42.2 Å². The van der Waals surface area contributed by atoms with Crippen LogP contribution in [0.5, 0.6) is 0 Å². The molecule has 0 radical (unpaired) electrons. The molecule has 0 aliphatic carbocycles. The van der Waals surface area contributed by atoms with Crippen molar-refractivity contribution < 1.29 is 9.59 Å². The van der Waals surface area contributed by atoms with Crippen molar-refractivity contribution in [2.45, 2.75) is 24.8 Å². The second-order valence-corrected chi connectivity index (χ2v) is 9.98. The van der Waals surface area contributed by atoms with Crippen molar-refractivity contribution in [3.63, 3.8) is 0 Å². The minimum atomic E-state index is -0.339. The molecule has 2 aliphatic heterocycles. The van der Waals surface area contributed by atoms with Crippen LogP contribution in [0.25, 0.3) is 0 Å². The molecule has 2 amide bonds. The molecule has 33 heavy (non-hydrogen) atoms. The van der Waals surface area contributed by atoms with Gasteiger partial charge in [-0.3, -0.25) is 9.59 Å². The van der Waals surface area contributed by atoms with Gasteiger partial charge in [0, 0.05) is 28.0 Å². The van der Waals surface area contributed by atoms with Crippen LogP contribution in [0.1, 0.15) is 16.7 Å². The first-order chi connectivity index (χ1) is 15.9. The minimum absolute atomic E-state index is 0.323. The summed E-state index contributed by atoms with van der Waals surface area (Å²) in [6.07, 6.45) is 0.816. The molecule has 4 nitrogen and oxygen atoms in total. The average molecular weight is 495 g/mol. The van der Waals surface area contributed by atoms with Gasteiger partial charge in [-0.05, 0) is 66.4 Å². The van der Waals surface area contributed by atoms with Crippen LogP contribution in [-0.4, -0.2) is 23.3 Å². The van der Waals surface area contributed by atoms with E-state index in [4.69, 9.17) is 23.2 Å². The van der Waals surface area contributed by atoms with Crippen LogP contribution in [0.3, 0.4) is 0 Å². The topological polar surface area (TPSA) is 40.6 Å². The molecule has 0 fully saturated rings. The van der Waals surface area contributed by atoms with E-state index in [1.165, 1.54) is 27.8 Å². The van der Waals surface area contributed by atoms with E-state index < -0.39 is 0 Å². The molecule has 7 heteroatoms. The first kappa shape index (κ1) is 22.1. The molecule has 2 aliphatic rings. The molecule has 5 rings (SSSR count). The van der Waals surface area contributed by atoms with Crippen LogP contribution >= 0.6 is 35.0 Å². The molecule has 0 atom stereocenters. The smallest absolute Gasteiger partial charge is 0.283 e. The second kappa shape index (κ2) is 8.90. The van der Waals surface area contributed by atoms with Gasteiger partial charge in [0.1, 0.15) is 10.6 Å². The van der Waals surface area contributed by atoms with E-state index in [0.717, 1.165) is 16.9 Å². The lowest BCUT2D eigenvalue weighted by atomic mass is 9.99. The van der Waals surface area contributed by atoms with Gasteiger partial charge < -0.3 is 4.90 Å². The van der Waals surface area contributed by atoms with Crippen molar-refractivity contribution in [1.29, 1.82) is 0 Å². The number of carbonyl (C=O) groups excluding carboxylic acids is 2. The first-order valence-electron chi connectivity index (χ1n) is 10.6. The Bertz CT molecular complexity index is 1300. The minimum Gasteiger partial charge on any atom is -0.361 e. The summed E-state index contributed by atoms with van der Waals surface area (Å²) in [7, 11) is 0. The highest BCUT2D eigenvalue weighted by atomic mass is 35.5. The maximum absolute atomic E-state index is 13.7. The highest BCUT2D eigenvalue weighted by Gasteiger charge is 2.43. The summed E-state index contributed by atoms with van der Waals surface area (Å²) in [5.74, 6) is -0.663. The standard InChI is InChI=1S/C26H20Cl2N2O2S/c1-16-6-9-20(14-22(16)28)30-25(31)23(29-13-12-17-4-2-3-5-18(17)15-29)24(26(30)32)33-21-10-7-19(27)8-11-21/h2-11,14H,12-13,15H2,1H3. The highest BCUT2D eigenvalue weighted by molar-refractivity contribution is 8.04. The monoisotopic (exact) mass is 494 g/mol. The quantitative estimate of drug-likeness (QED) is 0.402. The maximum Gasteiger partial charge on any atom is 0.283 e. The number of halogens is 2. The fourth-order valence-electron chi connectivity index (χ4n) is 4.13. The predicted octanol–water partition coefficient (Wildman–Crippen LogP) is 6.24. The summed E-state index contributed by atoms with van der Waals surface area (Å²) >= 11 is 13.7. The zero-order valence-electron chi connectivity index (χ0n) is 17.8. The predicted molar refractivity (Wildman–Crippen MR) is 134 cm³/mol. The largest absolute Gasteiger partial charge is 0.361 e. The van der Waals surface area contributed by atoms with Crippen molar-refractivity contribution in [2.75, 3.05) is 11.4 Å². The number of carbonyl (C=O) groups is 2. The number of aryl methyl sites for hydroxylation is 1. The lowest BCUT2D eigenvalue weighted by molar-refractivity contribution is -0.121. The fraction of sp³-hybridized carbons (Fsp3) is 0.154. The maximum atomic E-state index is 13.7. The molecule has 3 aromatic carbocycles. The second-order valence-electron chi connectivity index (χ2n) is 8.05. The summed E-state index contributed by atoms with van der Waals surface area (Å²) < 4.78 is 0. The van der Waals surface area contributed by atoms with E-state index in [9.17, 15) is 9.59 Å². The number of rotatable bonds is 4. The third kappa shape index (κ3) is 4.17. The lowest BCUT2D eigenvalue weighted by Gasteiger charge is -2.31. The molecule has 0 saturated carbocycles. The Hall–Kier alpha value is -2.73. The molecule has 3 aromatic rings. The van der Waals surface area contributed by atoms with Gasteiger partial charge in [-0.2, -0.15) is 0 Å². The highest BCUT2D eigenvalue weighted by Crippen LogP contribution is 2.40. The van der Waals surface area contributed by atoms with Crippen LogP contribution in [-0.2, 0) is 22.6 Å². The third-order valence-electron chi connectivity index (χ3n) is 5.91. The Morgan fingerprint density at radius 3 is 2.33 bits per heavy atom. The van der Waals surface area contributed by atoms with Gasteiger partial charge in [-0.25, -0.2) is 4.90 Å². The summed E-state index contributed by atoms with van der Waals surface area (Å²) in [6, 6.07) is 20.7. The molecule has 0 aromatic heterocycles. The van der Waals surface area contributed by atoms with Gasteiger partial charge in [0.2, 0.25) is 0 Å². The molecule has 0 bridgehead atoms. The number of hydrogen-bond acceptors (Lipinski definition) is 4. The van der Waals surface area contributed by atoms with Gasteiger partial charge in [0.25, 0.3) is 11.8 Å². The van der Waals surface area contributed by atoms with E-state index in [0.29, 0.717) is 39.4 Å². The van der Waals surface area contributed by atoms with Crippen LogP contribution in [0.2, 0.25) is 10.0 Å². The van der Waals surface area contributed by atoms with Crippen molar-refractivity contribution in [2.24, 2.45) is 0 Å². The van der Waals surface area contributed by atoms with E-state index in [-0.39, 0.29) is 11.8 Å². The van der Waals surface area contributed by atoms with Crippen molar-refractivity contribution in [3.8, 4) is 0 Å². The fourth-order valence-corrected chi connectivity index (χ4v) is 5.43. The van der Waals surface area contributed by atoms with Crippen molar-refractivity contribution in [1.82, 2.24) is 4.90 Å². The van der Waals surface area contributed by atoms with Gasteiger partial charge >= 0.3 is 0 Å². The van der Waals surface area contributed by atoms with Crippen LogP contribution < -0.4 is 4.90 Å². The Morgan fingerprint density at radius 2 is 1.61 bits per heavy atom. The molecular weight excluding hydrogens is 475 g/mol. The first-order valence-corrected chi connectivity index (χ1v) is 12.1.